The van der Waals surface area contributed by atoms with Gasteiger partial charge in [-0.25, -0.2) is 0 Å². The normalized spacial score (nSPS) is 15.0. The van der Waals surface area contributed by atoms with Gasteiger partial charge in [-0.3, -0.25) is 0 Å². The van der Waals surface area contributed by atoms with Crippen molar-refractivity contribution in [3.05, 3.63) is 11.9 Å². The summed E-state index contributed by atoms with van der Waals surface area (Å²) in [5, 5.41) is 0. The van der Waals surface area contributed by atoms with E-state index in [0.717, 1.165) is 5.66 Å². The molecule has 2 heteroatoms. The van der Waals surface area contributed by atoms with Gasteiger partial charge >= 0.3 is 67.4 Å². The van der Waals surface area contributed by atoms with Crippen molar-refractivity contribution in [2.75, 3.05) is 19.5 Å². The van der Waals surface area contributed by atoms with Crippen LogP contribution < -0.4 is 0 Å². The van der Waals surface area contributed by atoms with E-state index in [9.17, 15) is 0 Å². The van der Waals surface area contributed by atoms with Gasteiger partial charge < -0.3 is 0 Å². The van der Waals surface area contributed by atoms with Gasteiger partial charge in [-0.15, -0.1) is 0 Å². The monoisotopic (exact) mass is 178 g/mol. The molecule has 0 radical (unpaired) electrons. The van der Waals surface area contributed by atoms with Crippen LogP contribution in [-0.4, -0.2) is 25.2 Å². The van der Waals surface area contributed by atoms with Crippen LogP contribution in [0, 0.1) is 0 Å². The first-order chi connectivity index (χ1) is 4.50. The first-order valence-corrected chi connectivity index (χ1v) is 7.82. The summed E-state index contributed by atoms with van der Waals surface area (Å²) in [7, 11) is 1.73. The van der Waals surface area contributed by atoms with Crippen molar-refractivity contribution in [3.8, 4) is 0 Å². The molecule has 0 nitrogen and oxygen atoms in total. The van der Waals surface area contributed by atoms with E-state index in [2.05, 4.69) is 48.3 Å². The molecule has 0 bridgehead atoms. The molecule has 1 unspecified atom stereocenters. The molecule has 0 aromatic carbocycles. The van der Waals surface area contributed by atoms with E-state index >= 15 is 0 Å². The second kappa shape index (κ2) is 4.47. The number of hydrogen-bond acceptors (Lipinski definition) is 0. The molecule has 0 aliphatic rings. The van der Waals surface area contributed by atoms with Crippen LogP contribution >= 0.6 is 16.5 Å². The van der Waals surface area contributed by atoms with E-state index in [0.29, 0.717) is 0 Å². The Bertz CT molecular complexity index is 114. The van der Waals surface area contributed by atoms with E-state index < -0.39 is 7.26 Å². The Morgan fingerprint density at radius 3 is 2.20 bits per heavy atom. The maximum absolute atomic E-state index is 2.63. The van der Waals surface area contributed by atoms with Gasteiger partial charge in [0.1, 0.15) is 0 Å². The second-order valence-corrected chi connectivity index (χ2v) is 9.70. The summed E-state index contributed by atoms with van der Waals surface area (Å²) >= 11 is 0. The summed E-state index contributed by atoms with van der Waals surface area (Å²) in [4.78, 5) is 0. The summed E-state index contributed by atoms with van der Waals surface area (Å²) in [5.74, 6) is 2.08. The van der Waals surface area contributed by atoms with Crippen LogP contribution in [0.5, 0.6) is 0 Å². The average molecular weight is 178 g/mol. The van der Waals surface area contributed by atoms with Crippen molar-refractivity contribution in [1.29, 1.82) is 0 Å². The van der Waals surface area contributed by atoms with E-state index in [-0.39, 0.29) is 0 Å². The van der Waals surface area contributed by atoms with Crippen LogP contribution in [0.4, 0.5) is 0 Å². The van der Waals surface area contributed by atoms with Gasteiger partial charge in [0.15, 0.2) is 0 Å². The summed E-state index contributed by atoms with van der Waals surface area (Å²) in [6, 6.07) is 0. The van der Waals surface area contributed by atoms with Crippen molar-refractivity contribution >= 4 is 16.5 Å². The molecule has 0 saturated heterocycles. The van der Waals surface area contributed by atoms with Crippen LogP contribution in [0.3, 0.4) is 0 Å². The number of hydrogen-bond donors (Lipinski definition) is 0. The number of allylic oxidation sites excluding steroid dienone is 1. The van der Waals surface area contributed by atoms with Crippen molar-refractivity contribution in [2.24, 2.45) is 0 Å². The van der Waals surface area contributed by atoms with Gasteiger partial charge in [0.05, 0.1) is 0 Å². The first-order valence-electron chi connectivity index (χ1n) is 3.87. The zero-order chi connectivity index (χ0) is 8.20. The Morgan fingerprint density at radius 2 is 1.90 bits per heavy atom. The summed E-state index contributed by atoms with van der Waals surface area (Å²) in [6.07, 6.45) is 3.59. The van der Waals surface area contributed by atoms with Gasteiger partial charge in [-0.2, -0.15) is 0 Å². The van der Waals surface area contributed by atoms with Crippen LogP contribution in [-0.2, 0) is 0 Å². The SMILES string of the molecule is CC(C)[PH](C)(C)C/C=C\P. The summed E-state index contributed by atoms with van der Waals surface area (Å²) < 4.78 is 0. The predicted octanol–water partition coefficient (Wildman–Crippen LogP) is 2.79. The third kappa shape index (κ3) is 3.69. The molecule has 0 spiro atoms. The van der Waals surface area contributed by atoms with E-state index in [1.807, 2.05) is 0 Å². The molecule has 0 rings (SSSR count). The van der Waals surface area contributed by atoms with E-state index in [1.54, 1.807) is 0 Å². The molecule has 0 saturated carbocycles. The minimum atomic E-state index is -0.902. The molecule has 0 N–H and O–H groups in total. The van der Waals surface area contributed by atoms with Crippen LogP contribution in [0.15, 0.2) is 11.9 Å². The average Bonchev–Trinajstić information content (AvgIpc) is 1.84. The fourth-order valence-corrected chi connectivity index (χ4v) is 2.23. The van der Waals surface area contributed by atoms with Crippen LogP contribution in [0.25, 0.3) is 0 Å². The molecule has 0 heterocycles. The Balaban J connectivity index is 3.86. The minimum absolute atomic E-state index is 0.897. The van der Waals surface area contributed by atoms with Crippen molar-refractivity contribution in [2.45, 2.75) is 19.5 Å². The van der Waals surface area contributed by atoms with Crippen molar-refractivity contribution in [1.82, 2.24) is 0 Å². The maximum atomic E-state index is 2.63. The summed E-state index contributed by atoms with van der Waals surface area (Å²) in [6.45, 7) is 9.57. The molecular formula is C8H20P2. The van der Waals surface area contributed by atoms with E-state index in [4.69, 9.17) is 0 Å². The topological polar surface area (TPSA) is 0 Å². The predicted molar refractivity (Wildman–Crippen MR) is 59.0 cm³/mol. The zero-order valence-electron chi connectivity index (χ0n) is 7.52. The molecule has 0 aromatic rings. The Labute approximate surface area is 68.0 Å². The molecule has 0 aromatic heterocycles. The standard InChI is InChI=1S/C8H20P2/c1-8(2)10(3,4)7-5-6-9/h5-6,8,10H,7,9H2,1-4H3/b6-5-. The third-order valence-electron chi connectivity index (χ3n) is 2.34. The molecule has 0 aliphatic heterocycles. The van der Waals surface area contributed by atoms with Gasteiger partial charge in [0.25, 0.3) is 0 Å². The summed E-state index contributed by atoms with van der Waals surface area (Å²) in [5.41, 5.74) is 0.897. The van der Waals surface area contributed by atoms with Crippen LogP contribution in [0.1, 0.15) is 13.8 Å². The molecule has 0 amide bonds. The van der Waals surface area contributed by atoms with E-state index in [1.165, 1.54) is 6.16 Å². The Morgan fingerprint density at radius 1 is 1.40 bits per heavy atom. The zero-order valence-corrected chi connectivity index (χ0v) is 9.67. The molecule has 62 valence electrons. The molecule has 10 heavy (non-hydrogen) atoms. The fourth-order valence-electron chi connectivity index (χ4n) is 0.607. The van der Waals surface area contributed by atoms with Gasteiger partial charge in [0.2, 0.25) is 0 Å². The molecular weight excluding hydrogens is 158 g/mol. The Hall–Kier alpha value is 0.600. The van der Waals surface area contributed by atoms with Crippen molar-refractivity contribution in [3.63, 3.8) is 0 Å². The van der Waals surface area contributed by atoms with Gasteiger partial charge in [-0.1, -0.05) is 0 Å². The van der Waals surface area contributed by atoms with Gasteiger partial charge in [0, 0.05) is 0 Å². The number of rotatable bonds is 3. The fraction of sp³-hybridized carbons (Fsp3) is 0.750. The first kappa shape index (κ1) is 10.6. The molecule has 0 fully saturated rings. The molecule has 1 atom stereocenters. The third-order valence-corrected chi connectivity index (χ3v) is 7.03. The van der Waals surface area contributed by atoms with Gasteiger partial charge in [-0.05, 0) is 0 Å². The Kier molecular flexibility index (Phi) is 4.74. The van der Waals surface area contributed by atoms with Crippen molar-refractivity contribution < 1.29 is 0 Å². The quantitative estimate of drug-likeness (QED) is 0.583. The van der Waals surface area contributed by atoms with Crippen LogP contribution in [0.2, 0.25) is 0 Å². The second-order valence-electron chi connectivity index (χ2n) is 3.78. The molecule has 0 aliphatic carbocycles.